The molecule has 1 N–H and O–H groups in total. The number of aromatic nitrogens is 3. The fraction of sp³-hybridized carbons (Fsp3) is 0.364. The standard InChI is InChI=1S/C22H26N6OS/c1-15(2)17-6-7-19(25-21(29)18-5-4-8-23-14-18)20(13-17)27-9-11-28(12-10-27)22-24-16(3)30-26-22/h4-8,13-15H,9-12H2,1-3H3,(H,25,29). The topological polar surface area (TPSA) is 74.2 Å². The fourth-order valence-corrected chi connectivity index (χ4v) is 4.02. The third kappa shape index (κ3) is 4.43. The Morgan fingerprint density at radius 2 is 1.90 bits per heavy atom. The van der Waals surface area contributed by atoms with Gasteiger partial charge in [0.1, 0.15) is 5.01 Å². The first-order valence-corrected chi connectivity index (χ1v) is 10.9. The molecule has 3 heterocycles. The Morgan fingerprint density at radius 3 is 2.53 bits per heavy atom. The first-order chi connectivity index (χ1) is 14.5. The summed E-state index contributed by atoms with van der Waals surface area (Å²) >= 11 is 1.44. The quantitative estimate of drug-likeness (QED) is 0.671. The van der Waals surface area contributed by atoms with Crippen LogP contribution in [0.25, 0.3) is 0 Å². The van der Waals surface area contributed by atoms with Crippen LogP contribution in [-0.2, 0) is 0 Å². The lowest BCUT2D eigenvalue weighted by Crippen LogP contribution is -2.47. The second kappa shape index (κ2) is 8.79. The van der Waals surface area contributed by atoms with Crippen molar-refractivity contribution in [1.82, 2.24) is 14.3 Å². The minimum atomic E-state index is -0.151. The van der Waals surface area contributed by atoms with Gasteiger partial charge in [-0.15, -0.1) is 0 Å². The van der Waals surface area contributed by atoms with Crippen molar-refractivity contribution in [2.24, 2.45) is 0 Å². The van der Waals surface area contributed by atoms with E-state index in [1.165, 1.54) is 17.1 Å². The molecule has 0 saturated carbocycles. The van der Waals surface area contributed by atoms with Crippen molar-refractivity contribution in [2.75, 3.05) is 41.3 Å². The average Bonchev–Trinajstić information content (AvgIpc) is 3.21. The number of amides is 1. The molecule has 0 aliphatic carbocycles. The number of pyridine rings is 1. The van der Waals surface area contributed by atoms with Gasteiger partial charge >= 0.3 is 0 Å². The summed E-state index contributed by atoms with van der Waals surface area (Å²) in [5, 5.41) is 4.06. The third-order valence-electron chi connectivity index (χ3n) is 5.28. The number of rotatable bonds is 5. The number of hydrogen-bond donors (Lipinski definition) is 1. The van der Waals surface area contributed by atoms with E-state index >= 15 is 0 Å². The Bertz CT molecular complexity index is 1010. The summed E-state index contributed by atoms with van der Waals surface area (Å²) in [6.07, 6.45) is 3.25. The summed E-state index contributed by atoms with van der Waals surface area (Å²) in [4.78, 5) is 25.8. The zero-order valence-electron chi connectivity index (χ0n) is 17.5. The van der Waals surface area contributed by atoms with Gasteiger partial charge in [0.05, 0.1) is 16.9 Å². The van der Waals surface area contributed by atoms with E-state index in [0.29, 0.717) is 11.5 Å². The molecule has 1 amide bonds. The van der Waals surface area contributed by atoms with E-state index in [-0.39, 0.29) is 5.91 Å². The molecule has 1 aliphatic heterocycles. The highest BCUT2D eigenvalue weighted by Gasteiger charge is 2.23. The van der Waals surface area contributed by atoms with Gasteiger partial charge in [0, 0.05) is 38.6 Å². The zero-order valence-corrected chi connectivity index (χ0v) is 18.3. The second-order valence-corrected chi connectivity index (χ2v) is 8.67. The van der Waals surface area contributed by atoms with Gasteiger partial charge in [-0.2, -0.15) is 4.37 Å². The molecule has 0 atom stereocenters. The number of aryl methyl sites for hydroxylation is 1. The van der Waals surface area contributed by atoms with Crippen molar-refractivity contribution in [3.63, 3.8) is 0 Å². The average molecular weight is 423 g/mol. The highest BCUT2D eigenvalue weighted by Crippen LogP contribution is 2.32. The number of carbonyl (C=O) groups is 1. The molecule has 3 aromatic rings. The summed E-state index contributed by atoms with van der Waals surface area (Å²) in [7, 11) is 0. The van der Waals surface area contributed by atoms with Crippen molar-refractivity contribution in [3.8, 4) is 0 Å². The van der Waals surface area contributed by atoms with E-state index in [2.05, 4.69) is 55.4 Å². The number of benzene rings is 1. The van der Waals surface area contributed by atoms with Gasteiger partial charge in [0.15, 0.2) is 0 Å². The maximum atomic E-state index is 12.7. The van der Waals surface area contributed by atoms with Crippen LogP contribution < -0.4 is 15.1 Å². The fourth-order valence-electron chi connectivity index (χ4n) is 3.53. The van der Waals surface area contributed by atoms with Gasteiger partial charge in [0.2, 0.25) is 5.95 Å². The maximum absolute atomic E-state index is 12.7. The molecule has 1 aliphatic rings. The lowest BCUT2D eigenvalue weighted by Gasteiger charge is -2.36. The highest BCUT2D eigenvalue weighted by molar-refractivity contribution is 7.05. The van der Waals surface area contributed by atoms with E-state index in [4.69, 9.17) is 0 Å². The van der Waals surface area contributed by atoms with E-state index in [9.17, 15) is 4.79 Å². The number of nitrogens with one attached hydrogen (secondary N) is 1. The van der Waals surface area contributed by atoms with Crippen LogP contribution >= 0.6 is 11.5 Å². The summed E-state index contributed by atoms with van der Waals surface area (Å²) in [5.74, 6) is 1.08. The minimum Gasteiger partial charge on any atom is -0.366 e. The Morgan fingerprint density at radius 1 is 1.13 bits per heavy atom. The highest BCUT2D eigenvalue weighted by atomic mass is 32.1. The SMILES string of the molecule is Cc1nc(N2CCN(c3cc(C(C)C)ccc3NC(=O)c3cccnc3)CC2)ns1. The lowest BCUT2D eigenvalue weighted by atomic mass is 10.0. The summed E-state index contributed by atoms with van der Waals surface area (Å²) in [5.41, 5.74) is 3.68. The number of anilines is 3. The normalized spacial score (nSPS) is 14.3. The van der Waals surface area contributed by atoms with Crippen LogP contribution in [0.15, 0.2) is 42.7 Å². The predicted molar refractivity (Wildman–Crippen MR) is 122 cm³/mol. The molecule has 7 nitrogen and oxygen atoms in total. The van der Waals surface area contributed by atoms with E-state index in [1.807, 2.05) is 13.0 Å². The van der Waals surface area contributed by atoms with Crippen molar-refractivity contribution >= 4 is 34.8 Å². The molecule has 1 saturated heterocycles. The summed E-state index contributed by atoms with van der Waals surface area (Å²) in [6.45, 7) is 9.72. The summed E-state index contributed by atoms with van der Waals surface area (Å²) in [6, 6.07) is 9.84. The number of carbonyl (C=O) groups excluding carboxylic acids is 1. The van der Waals surface area contributed by atoms with Gasteiger partial charge < -0.3 is 15.1 Å². The molecule has 0 spiro atoms. The monoisotopic (exact) mass is 422 g/mol. The van der Waals surface area contributed by atoms with Crippen molar-refractivity contribution < 1.29 is 4.79 Å². The van der Waals surface area contributed by atoms with Crippen molar-refractivity contribution in [1.29, 1.82) is 0 Å². The van der Waals surface area contributed by atoms with Crippen LogP contribution in [0.1, 0.15) is 40.7 Å². The molecule has 1 fully saturated rings. The Balaban J connectivity index is 1.55. The van der Waals surface area contributed by atoms with Gasteiger partial charge in [-0.25, -0.2) is 4.98 Å². The molecule has 0 bridgehead atoms. The second-order valence-electron chi connectivity index (χ2n) is 7.71. The van der Waals surface area contributed by atoms with Crippen molar-refractivity contribution in [2.45, 2.75) is 26.7 Å². The third-order valence-corrected chi connectivity index (χ3v) is 5.89. The van der Waals surface area contributed by atoms with Gasteiger partial charge in [-0.3, -0.25) is 9.78 Å². The maximum Gasteiger partial charge on any atom is 0.257 e. The molecule has 4 rings (SSSR count). The molecule has 30 heavy (non-hydrogen) atoms. The first-order valence-electron chi connectivity index (χ1n) is 10.2. The smallest absolute Gasteiger partial charge is 0.257 e. The molecule has 2 aromatic heterocycles. The molecular formula is C22H26N6OS. The van der Waals surface area contributed by atoms with Crippen LogP contribution in [0.5, 0.6) is 0 Å². The first kappa shape index (κ1) is 20.3. The molecule has 0 radical (unpaired) electrons. The van der Waals surface area contributed by atoms with Crippen LogP contribution in [0.3, 0.4) is 0 Å². The van der Waals surface area contributed by atoms with Crippen LogP contribution in [0, 0.1) is 6.92 Å². The molecular weight excluding hydrogens is 396 g/mol. The van der Waals surface area contributed by atoms with Gasteiger partial charge in [-0.05, 0) is 54.2 Å². The Kier molecular flexibility index (Phi) is 5.94. The molecule has 1 aromatic carbocycles. The van der Waals surface area contributed by atoms with E-state index in [0.717, 1.165) is 48.5 Å². The predicted octanol–water partition coefficient (Wildman–Crippen LogP) is 3.94. The van der Waals surface area contributed by atoms with E-state index in [1.54, 1.807) is 24.5 Å². The number of nitrogens with zero attached hydrogens (tertiary/aromatic N) is 5. The van der Waals surface area contributed by atoms with Crippen LogP contribution in [0.4, 0.5) is 17.3 Å². The Labute approximate surface area is 180 Å². The van der Waals surface area contributed by atoms with Crippen LogP contribution in [0.2, 0.25) is 0 Å². The van der Waals surface area contributed by atoms with Crippen LogP contribution in [-0.4, -0.2) is 46.4 Å². The number of hydrogen-bond acceptors (Lipinski definition) is 7. The summed E-state index contributed by atoms with van der Waals surface area (Å²) < 4.78 is 4.44. The zero-order chi connectivity index (χ0) is 21.1. The van der Waals surface area contributed by atoms with Gasteiger partial charge in [0.25, 0.3) is 5.91 Å². The lowest BCUT2D eigenvalue weighted by molar-refractivity contribution is 0.102. The Hall–Kier alpha value is -3.00. The number of piperazine rings is 1. The molecule has 156 valence electrons. The van der Waals surface area contributed by atoms with E-state index < -0.39 is 0 Å². The largest absolute Gasteiger partial charge is 0.366 e. The minimum absolute atomic E-state index is 0.151. The van der Waals surface area contributed by atoms with Gasteiger partial charge in [-0.1, -0.05) is 19.9 Å². The molecule has 8 heteroatoms. The van der Waals surface area contributed by atoms with Crippen molar-refractivity contribution in [3.05, 3.63) is 58.9 Å². The molecule has 0 unspecified atom stereocenters.